The first kappa shape index (κ1) is 34.5. The van der Waals surface area contributed by atoms with Gasteiger partial charge in [0.2, 0.25) is 0 Å². The summed E-state index contributed by atoms with van der Waals surface area (Å²) in [6.45, 7) is 4.56. The molecule has 7 aromatic carbocycles. The first-order valence-electron chi connectivity index (χ1n) is 19.9. The second-order valence-electron chi connectivity index (χ2n) is 14.9. The van der Waals surface area contributed by atoms with Crippen molar-refractivity contribution in [3.05, 3.63) is 198 Å². The average Bonchev–Trinajstić information content (AvgIpc) is 3.80. The highest BCUT2D eigenvalue weighted by Crippen LogP contribution is 2.42. The predicted molar refractivity (Wildman–Crippen MR) is 237 cm³/mol. The number of rotatable bonds is 9. The molecule has 0 amide bonds. The molecule has 3 heterocycles. The molecule has 276 valence electrons. The van der Waals surface area contributed by atoms with Crippen LogP contribution < -0.4 is 5.32 Å². The highest BCUT2D eigenvalue weighted by Gasteiger charge is 2.25. The number of para-hydroxylation sites is 1. The molecule has 1 atom stereocenters. The molecule has 0 spiro atoms. The monoisotopic (exact) mass is 738 g/mol. The van der Waals surface area contributed by atoms with Crippen LogP contribution in [0.5, 0.6) is 0 Å². The number of benzene rings is 7. The lowest BCUT2D eigenvalue weighted by atomic mass is 9.94. The van der Waals surface area contributed by atoms with Crippen molar-refractivity contribution in [1.29, 1.82) is 0 Å². The summed E-state index contributed by atoms with van der Waals surface area (Å²) in [5.74, 6) is 1.45. The number of unbranched alkanes of at least 4 members (excludes halogenated alkanes) is 1. The topological polar surface area (TPSA) is 54.8 Å². The number of nitrogens with one attached hydrogen (secondary N) is 1. The molecule has 1 unspecified atom stereocenters. The Morgan fingerprint density at radius 3 is 2.05 bits per heavy atom. The Labute approximate surface area is 332 Å². The van der Waals surface area contributed by atoms with Crippen molar-refractivity contribution in [2.24, 2.45) is 9.98 Å². The van der Waals surface area contributed by atoms with E-state index in [9.17, 15) is 0 Å². The molecule has 1 N–H and O–H groups in total. The van der Waals surface area contributed by atoms with Gasteiger partial charge in [0.05, 0.1) is 5.52 Å². The molecule has 1 aliphatic rings. The average molecular weight is 739 g/mol. The van der Waals surface area contributed by atoms with Crippen molar-refractivity contribution in [2.45, 2.75) is 39.3 Å². The predicted octanol–water partition coefficient (Wildman–Crippen LogP) is 13.0. The minimum atomic E-state index is -0.307. The standard InChI is InChI=1S/C52H42N4O/c1-3-4-27-45-34(2)42-31-38(29-30-46(42)56(45)40-24-15-8-16-25-40)39-32-43(35-18-9-5-10-19-35)49-44(33-39)48-41(26-17-28-47(48)57-49)52-54-50(36-20-11-6-12-21-36)53-51(55-52)37-22-13-7-14-23-37/h5-26,28-33,50H,3-4,27H2,1-2H3,(H,53,54,55). The lowest BCUT2D eigenvalue weighted by Crippen LogP contribution is -2.33. The Morgan fingerprint density at radius 2 is 1.32 bits per heavy atom. The fourth-order valence-electron chi connectivity index (χ4n) is 8.43. The number of furan rings is 1. The summed E-state index contributed by atoms with van der Waals surface area (Å²) in [5.41, 5.74) is 14.3. The first-order chi connectivity index (χ1) is 28.1. The second-order valence-corrected chi connectivity index (χ2v) is 14.9. The molecule has 0 aliphatic carbocycles. The highest BCUT2D eigenvalue weighted by atomic mass is 16.3. The number of amidine groups is 2. The lowest BCUT2D eigenvalue weighted by molar-refractivity contribution is 0.668. The largest absolute Gasteiger partial charge is 0.455 e. The van der Waals surface area contributed by atoms with Gasteiger partial charge in [0.25, 0.3) is 0 Å². The van der Waals surface area contributed by atoms with Gasteiger partial charge in [0.1, 0.15) is 23.2 Å². The van der Waals surface area contributed by atoms with Gasteiger partial charge in [-0.2, -0.15) is 0 Å². The van der Waals surface area contributed by atoms with E-state index in [1.54, 1.807) is 0 Å². The fourth-order valence-corrected chi connectivity index (χ4v) is 8.43. The van der Waals surface area contributed by atoms with E-state index in [2.05, 4.69) is 169 Å². The fraction of sp³-hybridized carbons (Fsp3) is 0.115. The number of aromatic nitrogens is 1. The molecule has 1 aliphatic heterocycles. The number of fused-ring (bicyclic) bond motifs is 4. The van der Waals surface area contributed by atoms with Crippen LogP contribution in [0.25, 0.3) is 60.8 Å². The molecule has 10 rings (SSSR count). The van der Waals surface area contributed by atoms with Crippen molar-refractivity contribution < 1.29 is 4.42 Å². The molecule has 57 heavy (non-hydrogen) atoms. The van der Waals surface area contributed by atoms with Gasteiger partial charge in [-0.05, 0) is 90.0 Å². The molecule has 9 aromatic rings. The minimum Gasteiger partial charge on any atom is -0.455 e. The smallest absolute Gasteiger partial charge is 0.159 e. The molecule has 0 radical (unpaired) electrons. The van der Waals surface area contributed by atoms with Crippen molar-refractivity contribution >= 4 is 44.5 Å². The van der Waals surface area contributed by atoms with Crippen LogP contribution in [0.1, 0.15) is 53.9 Å². The molecule has 5 nitrogen and oxygen atoms in total. The zero-order valence-electron chi connectivity index (χ0n) is 32.1. The summed E-state index contributed by atoms with van der Waals surface area (Å²) in [6, 6.07) is 59.8. The van der Waals surface area contributed by atoms with Crippen LogP contribution in [-0.2, 0) is 6.42 Å². The quantitative estimate of drug-likeness (QED) is 0.160. The Balaban J connectivity index is 1.19. The molecule has 5 heteroatoms. The van der Waals surface area contributed by atoms with E-state index >= 15 is 0 Å². The number of hydrogen-bond donors (Lipinski definition) is 1. The van der Waals surface area contributed by atoms with Crippen molar-refractivity contribution in [2.75, 3.05) is 0 Å². The van der Waals surface area contributed by atoms with Crippen molar-refractivity contribution in [3.63, 3.8) is 0 Å². The van der Waals surface area contributed by atoms with Crippen LogP contribution in [0.2, 0.25) is 0 Å². The third-order valence-electron chi connectivity index (χ3n) is 11.3. The lowest BCUT2D eigenvalue weighted by Gasteiger charge is -2.24. The van der Waals surface area contributed by atoms with E-state index in [1.807, 2.05) is 24.3 Å². The maximum absolute atomic E-state index is 6.86. The van der Waals surface area contributed by atoms with Crippen LogP contribution in [0.3, 0.4) is 0 Å². The van der Waals surface area contributed by atoms with Gasteiger partial charge in [-0.25, -0.2) is 9.98 Å². The summed E-state index contributed by atoms with van der Waals surface area (Å²) in [4.78, 5) is 10.3. The summed E-state index contributed by atoms with van der Waals surface area (Å²) in [5, 5.41) is 7.05. The van der Waals surface area contributed by atoms with Crippen LogP contribution >= 0.6 is 0 Å². The van der Waals surface area contributed by atoms with Crippen molar-refractivity contribution in [1.82, 2.24) is 9.88 Å². The molecule has 2 aromatic heterocycles. The Morgan fingerprint density at radius 1 is 0.632 bits per heavy atom. The van der Waals surface area contributed by atoms with E-state index in [1.165, 1.54) is 33.4 Å². The second kappa shape index (κ2) is 14.6. The van der Waals surface area contributed by atoms with E-state index in [0.29, 0.717) is 5.84 Å². The van der Waals surface area contributed by atoms with Gasteiger partial charge in [-0.1, -0.05) is 141 Å². The zero-order chi connectivity index (χ0) is 38.3. The third kappa shape index (κ3) is 6.22. The summed E-state index contributed by atoms with van der Waals surface area (Å²) in [7, 11) is 0. The van der Waals surface area contributed by atoms with E-state index in [-0.39, 0.29) is 6.17 Å². The number of hydrogen-bond acceptors (Lipinski definition) is 4. The Hall–Kier alpha value is -6.98. The minimum absolute atomic E-state index is 0.307. The van der Waals surface area contributed by atoms with E-state index in [0.717, 1.165) is 80.4 Å². The highest BCUT2D eigenvalue weighted by molar-refractivity contribution is 6.23. The van der Waals surface area contributed by atoms with Gasteiger partial charge in [0, 0.05) is 44.2 Å². The normalized spacial score (nSPS) is 14.2. The van der Waals surface area contributed by atoms with Crippen molar-refractivity contribution in [3.8, 4) is 27.9 Å². The maximum atomic E-state index is 6.86. The first-order valence-corrected chi connectivity index (χ1v) is 19.9. The molecule has 0 saturated carbocycles. The third-order valence-corrected chi connectivity index (χ3v) is 11.3. The van der Waals surface area contributed by atoms with E-state index in [4.69, 9.17) is 14.4 Å². The number of nitrogens with zero attached hydrogens (tertiary/aromatic N) is 3. The van der Waals surface area contributed by atoms with Crippen LogP contribution in [-0.4, -0.2) is 16.2 Å². The molecule has 0 fully saturated rings. The molecule has 0 saturated heterocycles. The number of aliphatic imine (C=N–C) groups is 2. The van der Waals surface area contributed by atoms with E-state index < -0.39 is 0 Å². The number of aryl methyl sites for hydroxylation is 1. The van der Waals surface area contributed by atoms with Gasteiger partial charge in [-0.3, -0.25) is 0 Å². The van der Waals surface area contributed by atoms with Crippen LogP contribution in [0.4, 0.5) is 0 Å². The Kier molecular flexibility index (Phi) is 8.83. The van der Waals surface area contributed by atoms with Gasteiger partial charge >= 0.3 is 0 Å². The van der Waals surface area contributed by atoms with Gasteiger partial charge in [-0.15, -0.1) is 0 Å². The summed E-state index contributed by atoms with van der Waals surface area (Å²) < 4.78 is 9.33. The summed E-state index contributed by atoms with van der Waals surface area (Å²) >= 11 is 0. The maximum Gasteiger partial charge on any atom is 0.159 e. The molecular formula is C52H42N4O. The van der Waals surface area contributed by atoms with Gasteiger partial charge in [0.15, 0.2) is 5.84 Å². The van der Waals surface area contributed by atoms with Crippen LogP contribution in [0, 0.1) is 6.92 Å². The molecule has 0 bridgehead atoms. The Bertz CT molecular complexity index is 2960. The zero-order valence-corrected chi connectivity index (χ0v) is 32.1. The summed E-state index contributed by atoms with van der Waals surface area (Å²) in [6.07, 6.45) is 3.03. The van der Waals surface area contributed by atoms with Crippen LogP contribution in [0.15, 0.2) is 184 Å². The van der Waals surface area contributed by atoms with Gasteiger partial charge < -0.3 is 14.3 Å². The SMILES string of the molecule is CCCCc1c(C)c2cc(-c3cc(-c4ccccc4)c4oc5cccc(C6=NC(c7ccccc7)=NC(c7ccccc7)N6)c5c4c3)ccc2n1-c1ccccc1. The molecular weight excluding hydrogens is 697 g/mol.